The van der Waals surface area contributed by atoms with Crippen LogP contribution in [0.5, 0.6) is 5.88 Å². The molecule has 0 saturated carbocycles. The molecule has 3 amide bonds. The first-order valence-corrected chi connectivity index (χ1v) is 13.3. The molecule has 0 unspecified atom stereocenters. The van der Waals surface area contributed by atoms with Crippen molar-refractivity contribution in [2.24, 2.45) is 0 Å². The van der Waals surface area contributed by atoms with Gasteiger partial charge < -0.3 is 30.3 Å². The van der Waals surface area contributed by atoms with Gasteiger partial charge in [0, 0.05) is 48.3 Å². The number of carbonyl (C=O) groups excluding carboxylic acids is 3. The van der Waals surface area contributed by atoms with Crippen molar-refractivity contribution in [3.63, 3.8) is 0 Å². The number of carbonyl (C=O) groups is 3. The van der Waals surface area contributed by atoms with E-state index < -0.39 is 11.7 Å². The monoisotopic (exact) mass is 560 g/mol. The third-order valence-corrected chi connectivity index (χ3v) is 6.43. The highest BCUT2D eigenvalue weighted by atomic mass is 16.6. The molecule has 0 saturated heterocycles. The van der Waals surface area contributed by atoms with Crippen LogP contribution < -0.4 is 25.6 Å². The molecule has 0 atom stereocenters. The molecule has 0 aliphatic carbocycles. The SMILES string of the molecule is COc1cc(CNc2ncccc2C(=O)Nc2ccc3c(c2)N(C(=O)CNC(=O)OC(C)(C)C)CC3(C)C)ccn1. The standard InChI is InChI=1S/C30H36N6O5/c1-29(2,3)41-28(39)34-17-25(37)36-18-30(4,5)22-10-9-20(15-23(22)36)35-27(38)21-8-7-12-32-26(21)33-16-19-11-13-31-24(14-19)40-6/h7-15H,16-18H2,1-6H3,(H,32,33)(H,34,39)(H,35,38). The molecule has 1 aliphatic rings. The number of methoxy groups -OCH3 is 1. The summed E-state index contributed by atoms with van der Waals surface area (Å²) in [6.07, 6.45) is 2.60. The molecule has 3 aromatic rings. The fourth-order valence-electron chi connectivity index (χ4n) is 4.54. The highest BCUT2D eigenvalue weighted by molar-refractivity contribution is 6.08. The fraction of sp³-hybridized carbons (Fsp3) is 0.367. The molecule has 11 nitrogen and oxygen atoms in total. The Bertz CT molecular complexity index is 1450. The highest BCUT2D eigenvalue weighted by Gasteiger charge is 2.38. The van der Waals surface area contributed by atoms with Crippen molar-refractivity contribution >= 4 is 35.1 Å². The van der Waals surface area contributed by atoms with E-state index in [4.69, 9.17) is 9.47 Å². The molecule has 3 N–H and O–H groups in total. The van der Waals surface area contributed by atoms with Crippen molar-refractivity contribution in [2.75, 3.05) is 35.7 Å². The van der Waals surface area contributed by atoms with Crippen LogP contribution in [0.25, 0.3) is 0 Å². The van der Waals surface area contributed by atoms with Gasteiger partial charge in [0.05, 0.1) is 12.7 Å². The minimum atomic E-state index is -0.668. The van der Waals surface area contributed by atoms with Gasteiger partial charge in [0.15, 0.2) is 0 Å². The number of amides is 3. The maximum atomic E-state index is 13.3. The first-order valence-electron chi connectivity index (χ1n) is 13.3. The molecule has 4 rings (SSSR count). The van der Waals surface area contributed by atoms with Gasteiger partial charge in [-0.15, -0.1) is 0 Å². The van der Waals surface area contributed by atoms with Crippen LogP contribution in [-0.2, 0) is 21.5 Å². The summed E-state index contributed by atoms with van der Waals surface area (Å²) in [5, 5.41) is 8.67. The van der Waals surface area contributed by atoms with E-state index in [2.05, 4.69) is 25.9 Å². The van der Waals surface area contributed by atoms with Gasteiger partial charge in [-0.25, -0.2) is 14.8 Å². The number of pyridine rings is 2. The average Bonchev–Trinajstić information content (AvgIpc) is 3.19. The smallest absolute Gasteiger partial charge is 0.408 e. The maximum absolute atomic E-state index is 13.3. The van der Waals surface area contributed by atoms with Crippen molar-refractivity contribution in [3.05, 3.63) is 71.5 Å². The molecular weight excluding hydrogens is 524 g/mol. The lowest BCUT2D eigenvalue weighted by atomic mass is 9.87. The van der Waals surface area contributed by atoms with Crippen LogP contribution in [0, 0.1) is 0 Å². The Morgan fingerprint density at radius 2 is 1.83 bits per heavy atom. The number of alkyl carbamates (subject to hydrolysis) is 1. The van der Waals surface area contributed by atoms with E-state index in [0.29, 0.717) is 41.7 Å². The topological polar surface area (TPSA) is 135 Å². The molecule has 216 valence electrons. The number of aromatic nitrogens is 2. The summed E-state index contributed by atoms with van der Waals surface area (Å²) >= 11 is 0. The number of rotatable bonds is 8. The van der Waals surface area contributed by atoms with Crippen molar-refractivity contribution in [1.29, 1.82) is 0 Å². The van der Waals surface area contributed by atoms with E-state index in [1.165, 1.54) is 0 Å². The van der Waals surface area contributed by atoms with Gasteiger partial charge in [0.2, 0.25) is 11.8 Å². The Balaban J connectivity index is 1.48. The van der Waals surface area contributed by atoms with E-state index in [1.807, 2.05) is 32.0 Å². The summed E-state index contributed by atoms with van der Waals surface area (Å²) in [4.78, 5) is 48.6. The number of hydrogen-bond acceptors (Lipinski definition) is 8. The number of ether oxygens (including phenoxy) is 2. The van der Waals surface area contributed by atoms with Crippen LogP contribution in [0.1, 0.15) is 56.1 Å². The minimum Gasteiger partial charge on any atom is -0.481 e. The van der Waals surface area contributed by atoms with E-state index in [1.54, 1.807) is 69.4 Å². The molecule has 0 bridgehead atoms. The van der Waals surface area contributed by atoms with Gasteiger partial charge in [-0.05, 0) is 62.2 Å². The summed E-state index contributed by atoms with van der Waals surface area (Å²) in [6.45, 7) is 10.00. The first-order chi connectivity index (χ1) is 19.4. The van der Waals surface area contributed by atoms with Crippen molar-refractivity contribution < 1.29 is 23.9 Å². The summed E-state index contributed by atoms with van der Waals surface area (Å²) in [5.41, 5.74) is 2.48. The lowest BCUT2D eigenvalue weighted by Gasteiger charge is -2.22. The van der Waals surface area contributed by atoms with Crippen molar-refractivity contribution in [2.45, 2.75) is 52.2 Å². The Morgan fingerprint density at radius 3 is 2.56 bits per heavy atom. The van der Waals surface area contributed by atoms with Gasteiger partial charge in [0.25, 0.3) is 5.91 Å². The van der Waals surface area contributed by atoms with Crippen molar-refractivity contribution in [3.8, 4) is 5.88 Å². The van der Waals surface area contributed by atoms with Crippen molar-refractivity contribution in [1.82, 2.24) is 15.3 Å². The molecule has 2 aromatic heterocycles. The van der Waals surface area contributed by atoms with Crippen LogP contribution in [0.15, 0.2) is 54.9 Å². The molecule has 0 fully saturated rings. The summed E-state index contributed by atoms with van der Waals surface area (Å²) in [7, 11) is 1.55. The second kappa shape index (κ2) is 11.8. The Hall–Kier alpha value is -4.67. The third kappa shape index (κ3) is 7.30. The molecule has 41 heavy (non-hydrogen) atoms. The number of nitrogens with one attached hydrogen (secondary N) is 3. The lowest BCUT2D eigenvalue weighted by molar-refractivity contribution is -0.117. The Labute approximate surface area is 239 Å². The first kappa shape index (κ1) is 29.3. The molecule has 0 spiro atoms. The fourth-order valence-corrected chi connectivity index (χ4v) is 4.54. The number of nitrogens with zero attached hydrogens (tertiary/aromatic N) is 3. The van der Waals surface area contributed by atoms with Crippen LogP contribution >= 0.6 is 0 Å². The summed E-state index contributed by atoms with van der Waals surface area (Å²) < 4.78 is 10.4. The summed E-state index contributed by atoms with van der Waals surface area (Å²) in [5.74, 6) is 0.288. The number of hydrogen-bond donors (Lipinski definition) is 3. The third-order valence-electron chi connectivity index (χ3n) is 6.43. The molecule has 11 heteroatoms. The average molecular weight is 561 g/mol. The largest absolute Gasteiger partial charge is 0.481 e. The predicted octanol–water partition coefficient (Wildman–Crippen LogP) is 4.50. The summed E-state index contributed by atoms with van der Waals surface area (Å²) in [6, 6.07) is 12.5. The predicted molar refractivity (Wildman–Crippen MR) is 156 cm³/mol. The van der Waals surface area contributed by atoms with Crippen LogP contribution in [0.3, 0.4) is 0 Å². The maximum Gasteiger partial charge on any atom is 0.408 e. The van der Waals surface area contributed by atoms with E-state index in [9.17, 15) is 14.4 Å². The number of fused-ring (bicyclic) bond motifs is 1. The van der Waals surface area contributed by atoms with Gasteiger partial charge in [0.1, 0.15) is 18.0 Å². The molecular formula is C30H36N6O5. The quantitative estimate of drug-likeness (QED) is 0.367. The van der Waals surface area contributed by atoms with Crippen LogP contribution in [-0.4, -0.2) is 53.7 Å². The highest BCUT2D eigenvalue weighted by Crippen LogP contribution is 2.42. The zero-order valence-electron chi connectivity index (χ0n) is 24.2. The number of benzene rings is 1. The van der Waals surface area contributed by atoms with E-state index >= 15 is 0 Å². The van der Waals surface area contributed by atoms with Crippen LogP contribution in [0.2, 0.25) is 0 Å². The molecule has 3 heterocycles. The second-order valence-electron chi connectivity index (χ2n) is 11.4. The van der Waals surface area contributed by atoms with Gasteiger partial charge >= 0.3 is 6.09 Å². The minimum absolute atomic E-state index is 0.213. The normalized spacial score (nSPS) is 13.7. The second-order valence-corrected chi connectivity index (χ2v) is 11.4. The van der Waals surface area contributed by atoms with Gasteiger partial charge in [-0.3, -0.25) is 9.59 Å². The Morgan fingerprint density at radius 1 is 1.05 bits per heavy atom. The van der Waals surface area contributed by atoms with Crippen LogP contribution in [0.4, 0.5) is 22.0 Å². The van der Waals surface area contributed by atoms with E-state index in [0.717, 1.165) is 11.1 Å². The molecule has 1 aromatic carbocycles. The van der Waals surface area contributed by atoms with E-state index in [-0.39, 0.29) is 23.8 Å². The Kier molecular flexibility index (Phi) is 8.46. The van der Waals surface area contributed by atoms with Gasteiger partial charge in [-0.1, -0.05) is 19.9 Å². The lowest BCUT2D eigenvalue weighted by Crippen LogP contribution is -2.42. The molecule has 1 aliphatic heterocycles. The zero-order chi connectivity index (χ0) is 29.8. The number of anilines is 3. The molecule has 0 radical (unpaired) electrons. The zero-order valence-corrected chi connectivity index (χ0v) is 24.2. The van der Waals surface area contributed by atoms with Gasteiger partial charge in [-0.2, -0.15) is 0 Å².